The molecule has 1 aliphatic carbocycles. The fourth-order valence-electron chi connectivity index (χ4n) is 8.85. The molecule has 0 N–H and O–H groups in total. The number of carbonyl (C=O) groups excluding carboxylic acids is 1. The van der Waals surface area contributed by atoms with E-state index in [4.69, 9.17) is 21.3 Å². The molecule has 2 aromatic rings. The molecule has 1 aromatic heterocycles. The molecule has 0 saturated carbocycles. The number of aryl methyl sites for hydroxylation is 1. The standard InChI is InChI=1S/C34H41F2N7O2/c1-4-29(44)43-15-14-41(20-25(43)18-37-2)31-26-21-40(3)34(12-6-9-23-8-5-10-27(36)30(23)34)17-28(26)38-32(39-31)45-22-33-11-7-13-42(33)19-24(35)16-33/h4-5,8,10,24-25H,1,6-7,9,11-22H2,3H3/t24-,25+,33+,34?/m1/s1. The first-order valence-electron chi connectivity index (χ1n) is 16.2. The number of carbonyl (C=O) groups is 1. The maximum Gasteiger partial charge on any atom is 0.318 e. The van der Waals surface area contributed by atoms with Crippen LogP contribution in [0.2, 0.25) is 0 Å². The molecule has 1 amide bonds. The minimum atomic E-state index is -0.862. The summed E-state index contributed by atoms with van der Waals surface area (Å²) in [6.07, 6.45) is 5.93. The number of hydrogen-bond donors (Lipinski definition) is 0. The van der Waals surface area contributed by atoms with Crippen LogP contribution in [0.1, 0.15) is 54.5 Å². The van der Waals surface area contributed by atoms with Crippen molar-refractivity contribution < 1.29 is 18.3 Å². The molecule has 4 aliphatic heterocycles. The van der Waals surface area contributed by atoms with Crippen LogP contribution in [0.4, 0.5) is 14.6 Å². The fraction of sp³-hybridized carbons (Fsp3) is 0.588. The predicted octanol–water partition coefficient (Wildman–Crippen LogP) is 3.91. The molecule has 1 aromatic carbocycles. The van der Waals surface area contributed by atoms with E-state index in [2.05, 4.69) is 33.2 Å². The van der Waals surface area contributed by atoms with Gasteiger partial charge in [0.05, 0.1) is 16.8 Å². The number of nitrogens with zero attached hydrogens (tertiary/aromatic N) is 7. The molecule has 5 aliphatic rings. The molecule has 7 rings (SSSR count). The Balaban J connectivity index is 1.27. The molecule has 3 saturated heterocycles. The molecule has 3 fully saturated rings. The number of amides is 1. The summed E-state index contributed by atoms with van der Waals surface area (Å²) in [6, 6.07) is 5.33. The third kappa shape index (κ3) is 5.06. The monoisotopic (exact) mass is 617 g/mol. The fourth-order valence-corrected chi connectivity index (χ4v) is 8.85. The minimum Gasteiger partial charge on any atom is -0.461 e. The van der Waals surface area contributed by atoms with Crippen molar-refractivity contribution in [2.75, 3.05) is 57.8 Å². The Labute approximate surface area is 263 Å². The number of likely N-dealkylation sites (N-methyl/N-ethyl adjacent to an activating group) is 1. The molecular formula is C34H41F2N7O2. The molecule has 0 bridgehead atoms. The Kier molecular flexibility index (Phi) is 7.77. The SMILES string of the molecule is [C-]#[N+]C[C@H]1CN(c2nc(OC[C@@]34CCCN3C[C@H](F)C4)nc3c2CN(C)C2(CCCc4cccc(F)c42)C3)CCN1C(=O)C=C. The maximum absolute atomic E-state index is 15.6. The zero-order chi connectivity index (χ0) is 31.3. The molecule has 9 nitrogen and oxygen atoms in total. The Hall–Kier alpha value is -3.62. The number of halogens is 2. The van der Waals surface area contributed by atoms with Crippen LogP contribution in [0.5, 0.6) is 6.01 Å². The number of fused-ring (bicyclic) bond motifs is 4. The van der Waals surface area contributed by atoms with Crippen molar-refractivity contribution in [1.82, 2.24) is 24.7 Å². The van der Waals surface area contributed by atoms with Crippen LogP contribution in [-0.2, 0) is 29.7 Å². The molecule has 238 valence electrons. The van der Waals surface area contributed by atoms with Crippen LogP contribution in [0.3, 0.4) is 0 Å². The number of benzene rings is 1. The minimum absolute atomic E-state index is 0.175. The summed E-state index contributed by atoms with van der Waals surface area (Å²) in [4.78, 5) is 34.6. The summed E-state index contributed by atoms with van der Waals surface area (Å²) in [7, 11) is 2.06. The van der Waals surface area contributed by atoms with Crippen molar-refractivity contribution >= 4 is 11.7 Å². The third-order valence-electron chi connectivity index (χ3n) is 11.0. The molecular weight excluding hydrogens is 576 g/mol. The second-order valence-electron chi connectivity index (χ2n) is 13.5. The lowest BCUT2D eigenvalue weighted by Gasteiger charge is -2.50. The Morgan fingerprint density at radius 1 is 1.22 bits per heavy atom. The van der Waals surface area contributed by atoms with Crippen molar-refractivity contribution in [2.24, 2.45) is 0 Å². The highest BCUT2D eigenvalue weighted by atomic mass is 19.1. The van der Waals surface area contributed by atoms with Crippen LogP contribution in [0.25, 0.3) is 4.85 Å². The Morgan fingerprint density at radius 3 is 2.91 bits per heavy atom. The number of anilines is 1. The summed E-state index contributed by atoms with van der Waals surface area (Å²) >= 11 is 0. The highest BCUT2D eigenvalue weighted by molar-refractivity contribution is 5.87. The van der Waals surface area contributed by atoms with Crippen LogP contribution in [0, 0.1) is 12.4 Å². The quantitative estimate of drug-likeness (QED) is 0.360. The Bertz CT molecular complexity index is 1550. The summed E-state index contributed by atoms with van der Waals surface area (Å²) in [5.74, 6) is 0.373. The summed E-state index contributed by atoms with van der Waals surface area (Å²) in [6.45, 7) is 14.9. The molecule has 1 spiro atoms. The van der Waals surface area contributed by atoms with Crippen molar-refractivity contribution in [3.63, 3.8) is 0 Å². The van der Waals surface area contributed by atoms with E-state index in [9.17, 15) is 9.18 Å². The Morgan fingerprint density at radius 2 is 2.09 bits per heavy atom. The van der Waals surface area contributed by atoms with Crippen molar-refractivity contribution in [2.45, 2.75) is 74.8 Å². The van der Waals surface area contributed by atoms with Gasteiger partial charge in [-0.2, -0.15) is 9.97 Å². The van der Waals surface area contributed by atoms with Crippen LogP contribution < -0.4 is 9.64 Å². The molecule has 11 heteroatoms. The smallest absolute Gasteiger partial charge is 0.318 e. The maximum atomic E-state index is 15.6. The van der Waals surface area contributed by atoms with Gasteiger partial charge in [-0.1, -0.05) is 18.7 Å². The van der Waals surface area contributed by atoms with Gasteiger partial charge in [-0.15, -0.1) is 0 Å². The first kappa shape index (κ1) is 30.1. The lowest BCUT2D eigenvalue weighted by atomic mass is 9.70. The van der Waals surface area contributed by atoms with E-state index in [1.165, 1.54) is 6.08 Å². The zero-order valence-electron chi connectivity index (χ0n) is 26.0. The zero-order valence-corrected chi connectivity index (χ0v) is 26.0. The van der Waals surface area contributed by atoms with Gasteiger partial charge < -0.3 is 19.4 Å². The van der Waals surface area contributed by atoms with E-state index >= 15 is 4.39 Å². The van der Waals surface area contributed by atoms with Crippen molar-refractivity contribution in [3.05, 3.63) is 70.5 Å². The van der Waals surface area contributed by atoms with E-state index in [1.807, 2.05) is 6.07 Å². The van der Waals surface area contributed by atoms with Gasteiger partial charge in [0.2, 0.25) is 12.5 Å². The van der Waals surface area contributed by atoms with E-state index in [0.717, 1.165) is 66.9 Å². The van der Waals surface area contributed by atoms with E-state index in [1.54, 1.807) is 17.0 Å². The van der Waals surface area contributed by atoms with Crippen LogP contribution >= 0.6 is 0 Å². The molecule has 1 unspecified atom stereocenters. The van der Waals surface area contributed by atoms with Gasteiger partial charge in [0.1, 0.15) is 30.5 Å². The largest absolute Gasteiger partial charge is 0.461 e. The van der Waals surface area contributed by atoms with Crippen molar-refractivity contribution in [3.8, 4) is 6.01 Å². The first-order valence-corrected chi connectivity index (χ1v) is 16.2. The predicted molar refractivity (Wildman–Crippen MR) is 166 cm³/mol. The highest BCUT2D eigenvalue weighted by Gasteiger charge is 2.50. The third-order valence-corrected chi connectivity index (χ3v) is 11.0. The van der Waals surface area contributed by atoms with Gasteiger partial charge in [0, 0.05) is 56.7 Å². The number of ether oxygens (including phenoxy) is 1. The normalized spacial score (nSPS) is 29.6. The van der Waals surface area contributed by atoms with Gasteiger partial charge in [0.15, 0.2) is 0 Å². The lowest BCUT2D eigenvalue weighted by molar-refractivity contribution is -0.128. The topological polar surface area (TPSA) is 69.4 Å². The summed E-state index contributed by atoms with van der Waals surface area (Å²) in [5, 5.41) is 0. The molecule has 4 atom stereocenters. The molecule has 0 radical (unpaired) electrons. The van der Waals surface area contributed by atoms with E-state index in [-0.39, 0.29) is 35.9 Å². The number of rotatable bonds is 6. The van der Waals surface area contributed by atoms with Crippen LogP contribution in [-0.4, -0.2) is 101 Å². The molecule has 5 heterocycles. The van der Waals surface area contributed by atoms with Gasteiger partial charge >= 0.3 is 6.01 Å². The number of aromatic nitrogens is 2. The van der Waals surface area contributed by atoms with Gasteiger partial charge in [0.25, 0.3) is 0 Å². The van der Waals surface area contributed by atoms with Crippen molar-refractivity contribution in [1.29, 1.82) is 0 Å². The van der Waals surface area contributed by atoms with E-state index in [0.29, 0.717) is 52.2 Å². The summed E-state index contributed by atoms with van der Waals surface area (Å²) < 4.78 is 36.5. The number of alkyl halides is 1. The first-order chi connectivity index (χ1) is 21.8. The average molecular weight is 618 g/mol. The van der Waals surface area contributed by atoms with Gasteiger partial charge in [-0.3, -0.25) is 14.6 Å². The average Bonchev–Trinajstić information content (AvgIpc) is 3.56. The van der Waals surface area contributed by atoms with E-state index < -0.39 is 11.7 Å². The number of hydrogen-bond acceptors (Lipinski definition) is 7. The van der Waals surface area contributed by atoms with Gasteiger partial charge in [-0.05, 0) is 63.4 Å². The van der Waals surface area contributed by atoms with Gasteiger partial charge in [-0.25, -0.2) is 15.4 Å². The second-order valence-corrected chi connectivity index (χ2v) is 13.5. The van der Waals surface area contributed by atoms with Crippen LogP contribution in [0.15, 0.2) is 30.9 Å². The second kappa shape index (κ2) is 11.6. The highest BCUT2D eigenvalue weighted by Crippen LogP contribution is 2.48. The lowest BCUT2D eigenvalue weighted by Crippen LogP contribution is -2.57. The summed E-state index contributed by atoms with van der Waals surface area (Å²) in [5.41, 5.74) is 2.74. The molecule has 45 heavy (non-hydrogen) atoms. The number of piperazine rings is 1.